The molecule has 36 heavy (non-hydrogen) atoms. The molecule has 1 aliphatic rings. The second kappa shape index (κ2) is 12.8. The Hall–Kier alpha value is -2.26. The van der Waals surface area contributed by atoms with Crippen LogP contribution in [0.4, 0.5) is 13.2 Å². The summed E-state index contributed by atoms with van der Waals surface area (Å²) in [5.41, 5.74) is 4.18. The van der Waals surface area contributed by atoms with Gasteiger partial charge in [-0.1, -0.05) is 74.2 Å². The lowest BCUT2D eigenvalue weighted by molar-refractivity contribution is 0.310. The number of unbranched alkanes of at least 4 members (excludes halogenated alkanes) is 3. The van der Waals surface area contributed by atoms with Gasteiger partial charge in [0.25, 0.3) is 0 Å². The van der Waals surface area contributed by atoms with Crippen molar-refractivity contribution >= 4 is 11.6 Å². The minimum atomic E-state index is -0.885. The molecule has 0 spiro atoms. The van der Waals surface area contributed by atoms with Gasteiger partial charge in [-0.15, -0.1) is 0 Å². The quantitative estimate of drug-likeness (QED) is 0.187. The molecule has 3 aromatic rings. The highest BCUT2D eigenvalue weighted by molar-refractivity contribution is 6.31. The summed E-state index contributed by atoms with van der Waals surface area (Å²) in [6.45, 7) is 2.25. The van der Waals surface area contributed by atoms with Crippen molar-refractivity contribution < 1.29 is 13.2 Å². The van der Waals surface area contributed by atoms with Gasteiger partial charge in [-0.05, 0) is 104 Å². The smallest absolute Gasteiger partial charge is 0.145 e. The maximum atomic E-state index is 14.8. The van der Waals surface area contributed by atoms with E-state index in [0.29, 0.717) is 11.8 Å². The van der Waals surface area contributed by atoms with E-state index < -0.39 is 22.5 Å². The van der Waals surface area contributed by atoms with Crippen LogP contribution in [0.25, 0.3) is 11.1 Å². The summed E-state index contributed by atoms with van der Waals surface area (Å²) in [6.07, 6.45) is 13.1. The lowest BCUT2D eigenvalue weighted by Gasteiger charge is -2.29. The molecule has 0 bridgehead atoms. The Labute approximate surface area is 218 Å². The molecule has 1 saturated carbocycles. The highest BCUT2D eigenvalue weighted by Gasteiger charge is 2.22. The van der Waals surface area contributed by atoms with Gasteiger partial charge in [0, 0.05) is 5.56 Å². The second-order valence-corrected chi connectivity index (χ2v) is 10.8. The van der Waals surface area contributed by atoms with Gasteiger partial charge in [-0.3, -0.25) is 0 Å². The van der Waals surface area contributed by atoms with E-state index in [2.05, 4.69) is 31.2 Å². The van der Waals surface area contributed by atoms with Crippen molar-refractivity contribution in [1.82, 2.24) is 0 Å². The van der Waals surface area contributed by atoms with Crippen LogP contribution in [0.5, 0.6) is 0 Å². The van der Waals surface area contributed by atoms with Crippen LogP contribution in [0.2, 0.25) is 5.02 Å². The summed E-state index contributed by atoms with van der Waals surface area (Å²) in [6, 6.07) is 16.4. The molecule has 0 radical (unpaired) electrons. The third-order valence-corrected chi connectivity index (χ3v) is 8.15. The lowest BCUT2D eigenvalue weighted by Crippen LogP contribution is -2.14. The van der Waals surface area contributed by atoms with Crippen LogP contribution in [0.1, 0.15) is 87.3 Å². The number of halogens is 4. The first-order valence-electron chi connectivity index (χ1n) is 13.5. The van der Waals surface area contributed by atoms with Crippen molar-refractivity contribution in [1.29, 1.82) is 0 Å². The van der Waals surface area contributed by atoms with Crippen molar-refractivity contribution in [3.63, 3.8) is 0 Å². The Bertz CT molecular complexity index is 1110. The van der Waals surface area contributed by atoms with E-state index in [0.717, 1.165) is 30.5 Å². The van der Waals surface area contributed by atoms with Gasteiger partial charge in [0.15, 0.2) is 0 Å². The van der Waals surface area contributed by atoms with Crippen molar-refractivity contribution in [2.75, 3.05) is 0 Å². The van der Waals surface area contributed by atoms with E-state index in [9.17, 15) is 13.2 Å². The van der Waals surface area contributed by atoms with Crippen molar-refractivity contribution in [2.24, 2.45) is 5.92 Å². The highest BCUT2D eigenvalue weighted by atomic mass is 35.5. The molecule has 0 nitrogen and oxygen atoms in total. The monoisotopic (exact) mass is 512 g/mol. The van der Waals surface area contributed by atoms with Crippen molar-refractivity contribution in [2.45, 2.75) is 83.5 Å². The SMILES string of the molecule is CCCCCCc1ccc([C@H]2CC[C@H](CCc3ccc(-c4cc(F)c(Cl)c(F)c4)c(F)c3)CC2)cc1. The number of benzene rings is 3. The minimum Gasteiger partial charge on any atom is -0.206 e. The Morgan fingerprint density at radius 2 is 1.39 bits per heavy atom. The third-order valence-electron chi connectivity index (χ3n) is 7.79. The van der Waals surface area contributed by atoms with Gasteiger partial charge in [0.1, 0.15) is 22.5 Å². The number of hydrogen-bond donors (Lipinski definition) is 0. The highest BCUT2D eigenvalue weighted by Crippen LogP contribution is 2.38. The van der Waals surface area contributed by atoms with Crippen LogP contribution in [-0.2, 0) is 12.8 Å². The summed E-state index contributed by atoms with van der Waals surface area (Å²) in [5, 5.41) is -0.569. The van der Waals surface area contributed by atoms with Crippen LogP contribution < -0.4 is 0 Å². The molecule has 4 rings (SSSR count). The fourth-order valence-corrected chi connectivity index (χ4v) is 5.64. The zero-order valence-electron chi connectivity index (χ0n) is 21.1. The average Bonchev–Trinajstić information content (AvgIpc) is 2.89. The third kappa shape index (κ3) is 6.94. The molecule has 0 aliphatic heterocycles. The normalized spacial score (nSPS) is 17.9. The summed E-state index contributed by atoms with van der Waals surface area (Å²) >= 11 is 5.55. The second-order valence-electron chi connectivity index (χ2n) is 10.4. The molecule has 0 unspecified atom stereocenters. The molecule has 0 N–H and O–H groups in total. The summed E-state index contributed by atoms with van der Waals surface area (Å²) < 4.78 is 42.3. The standard InChI is InChI=1S/C32H36ClF3/c1-2-3-4-5-6-22-9-14-25(15-10-22)26-16-11-23(12-17-26)7-8-24-13-18-28(29(34)19-24)27-20-30(35)32(33)31(36)21-27/h9-10,13-15,18-21,23,26H,2-8,11-12,16-17H2,1H3/t23-,26-. The van der Waals surface area contributed by atoms with E-state index in [1.165, 1.54) is 75.0 Å². The van der Waals surface area contributed by atoms with E-state index in [4.69, 9.17) is 11.6 Å². The molecule has 0 heterocycles. The minimum absolute atomic E-state index is 0.154. The number of aryl methyl sites for hydroxylation is 2. The first-order chi connectivity index (χ1) is 17.4. The molecular weight excluding hydrogens is 477 g/mol. The average molecular weight is 513 g/mol. The molecule has 0 aromatic heterocycles. The topological polar surface area (TPSA) is 0 Å². The fourth-order valence-electron chi connectivity index (χ4n) is 5.53. The van der Waals surface area contributed by atoms with E-state index in [1.807, 2.05) is 6.07 Å². The summed E-state index contributed by atoms with van der Waals surface area (Å²) in [7, 11) is 0. The molecule has 0 atom stereocenters. The van der Waals surface area contributed by atoms with Gasteiger partial charge in [0.05, 0.1) is 0 Å². The van der Waals surface area contributed by atoms with E-state index in [-0.39, 0.29) is 11.1 Å². The van der Waals surface area contributed by atoms with Crippen LogP contribution in [0, 0.1) is 23.4 Å². The number of hydrogen-bond acceptors (Lipinski definition) is 0. The Balaban J connectivity index is 1.26. The Morgan fingerprint density at radius 1 is 0.722 bits per heavy atom. The van der Waals surface area contributed by atoms with Crippen LogP contribution >= 0.6 is 11.6 Å². The van der Waals surface area contributed by atoms with Crippen LogP contribution in [-0.4, -0.2) is 0 Å². The van der Waals surface area contributed by atoms with Crippen molar-refractivity contribution in [3.05, 3.63) is 93.8 Å². The molecular formula is C32H36ClF3. The molecule has 0 saturated heterocycles. The maximum Gasteiger partial charge on any atom is 0.145 e. The van der Waals surface area contributed by atoms with Gasteiger partial charge in [0.2, 0.25) is 0 Å². The van der Waals surface area contributed by atoms with Gasteiger partial charge < -0.3 is 0 Å². The lowest BCUT2D eigenvalue weighted by atomic mass is 9.76. The zero-order valence-corrected chi connectivity index (χ0v) is 21.9. The van der Waals surface area contributed by atoms with E-state index >= 15 is 0 Å². The molecule has 4 heteroatoms. The fraction of sp³-hybridized carbons (Fsp3) is 0.438. The molecule has 1 aliphatic carbocycles. The molecule has 0 amide bonds. The number of rotatable bonds is 10. The van der Waals surface area contributed by atoms with Crippen LogP contribution in [0.15, 0.2) is 54.6 Å². The maximum absolute atomic E-state index is 14.8. The molecule has 3 aromatic carbocycles. The van der Waals surface area contributed by atoms with Gasteiger partial charge in [-0.2, -0.15) is 0 Å². The summed E-state index contributed by atoms with van der Waals surface area (Å²) in [5.74, 6) is -0.937. The Kier molecular flexibility index (Phi) is 9.53. The molecule has 192 valence electrons. The van der Waals surface area contributed by atoms with E-state index in [1.54, 1.807) is 6.07 Å². The van der Waals surface area contributed by atoms with Gasteiger partial charge >= 0.3 is 0 Å². The largest absolute Gasteiger partial charge is 0.206 e. The predicted octanol–water partition coefficient (Wildman–Crippen LogP) is 10.5. The first kappa shape index (κ1) is 26.8. The van der Waals surface area contributed by atoms with Gasteiger partial charge in [-0.25, -0.2) is 13.2 Å². The molecule has 1 fully saturated rings. The summed E-state index contributed by atoms with van der Waals surface area (Å²) in [4.78, 5) is 0. The van der Waals surface area contributed by atoms with Crippen molar-refractivity contribution in [3.8, 4) is 11.1 Å². The first-order valence-corrected chi connectivity index (χ1v) is 13.8. The zero-order chi connectivity index (χ0) is 25.5. The Morgan fingerprint density at radius 3 is 2.03 bits per heavy atom. The van der Waals surface area contributed by atoms with Crippen LogP contribution in [0.3, 0.4) is 0 Å². The predicted molar refractivity (Wildman–Crippen MR) is 144 cm³/mol.